The number of carbonyl (C=O) groups is 2. The highest BCUT2D eigenvalue weighted by Gasteiger charge is 2.44. The zero-order valence-electron chi connectivity index (χ0n) is 38.1. The molecule has 1 rings (SSSR count). The van der Waals surface area contributed by atoms with Crippen molar-refractivity contribution in [2.75, 3.05) is 19.8 Å². The van der Waals surface area contributed by atoms with Crippen LogP contribution in [0.2, 0.25) is 0 Å². The minimum atomic E-state index is -1.61. The predicted octanol–water partition coefficient (Wildman–Crippen LogP) is 10.8. The van der Waals surface area contributed by atoms with Gasteiger partial charge in [0.05, 0.1) is 13.2 Å². The largest absolute Gasteiger partial charge is 0.462 e. The Morgan fingerprint density at radius 2 is 0.951 bits per heavy atom. The van der Waals surface area contributed by atoms with E-state index in [2.05, 4.69) is 74.6 Å². The maximum absolute atomic E-state index is 12.8. The molecule has 1 aliphatic heterocycles. The standard InChI is InChI=1S/C51H86O10/c1-3-5-7-9-11-13-15-17-19-21-22-24-25-27-29-31-33-35-37-39-46(53)58-42-44(43-59-51-50(57)49(56)48(55)45(41-52)61-51)60-47(54)40-38-36-34-32-30-28-26-23-20-18-16-14-12-10-8-6-4-2/h11,13,17-20,22,24,27,29,33,35,44-45,48-52,55-57H,3-10,12,14-16,21,23,25-26,28,30-32,34,36-43H2,1-2H3/b13-11+,19-17+,20-18+,24-22+,29-27+,35-33+/t44-,45-,48+,49?,50?,51-/m0/s1. The summed E-state index contributed by atoms with van der Waals surface area (Å²) < 4.78 is 22.1. The SMILES string of the molecule is CCCCC/C=C/C/C=C/C/C=C/C/C=C/C/C=C/CCC(=O)OC[C@@H](CO[C@H]1O[C@@H](CO)[C@@H](O)C(O)C1O)OC(=O)CCCCCCCCC/C=C/CCCCCCCC. The van der Waals surface area contributed by atoms with Gasteiger partial charge in [0.2, 0.25) is 0 Å². The van der Waals surface area contributed by atoms with Gasteiger partial charge in [0.1, 0.15) is 31.0 Å². The summed E-state index contributed by atoms with van der Waals surface area (Å²) in [6.45, 7) is 3.31. The molecule has 2 unspecified atom stereocenters. The van der Waals surface area contributed by atoms with Gasteiger partial charge in [-0.2, -0.15) is 0 Å². The van der Waals surface area contributed by atoms with Crippen molar-refractivity contribution in [2.24, 2.45) is 0 Å². The van der Waals surface area contributed by atoms with Crippen LogP contribution in [-0.2, 0) is 28.5 Å². The second-order valence-corrected chi connectivity index (χ2v) is 16.2. The lowest BCUT2D eigenvalue weighted by atomic mass is 9.99. The molecule has 0 bridgehead atoms. The highest BCUT2D eigenvalue weighted by Crippen LogP contribution is 2.22. The zero-order chi connectivity index (χ0) is 44.4. The van der Waals surface area contributed by atoms with Crippen molar-refractivity contribution in [3.63, 3.8) is 0 Å². The van der Waals surface area contributed by atoms with E-state index in [4.69, 9.17) is 18.9 Å². The lowest BCUT2D eigenvalue weighted by Gasteiger charge is -2.39. The molecule has 350 valence electrons. The third-order valence-electron chi connectivity index (χ3n) is 10.6. The summed E-state index contributed by atoms with van der Waals surface area (Å²) in [6.07, 6.45) is 44.9. The molecule has 0 radical (unpaired) electrons. The summed E-state index contributed by atoms with van der Waals surface area (Å²) >= 11 is 0. The second-order valence-electron chi connectivity index (χ2n) is 16.2. The second kappa shape index (κ2) is 41.2. The third-order valence-corrected chi connectivity index (χ3v) is 10.6. The summed E-state index contributed by atoms with van der Waals surface area (Å²) in [6, 6.07) is 0. The predicted molar refractivity (Wildman–Crippen MR) is 247 cm³/mol. The monoisotopic (exact) mass is 859 g/mol. The van der Waals surface area contributed by atoms with Gasteiger partial charge >= 0.3 is 11.9 Å². The van der Waals surface area contributed by atoms with Crippen LogP contribution in [0, 0.1) is 0 Å². The normalized spacial score (nSPS) is 20.4. The molecule has 0 spiro atoms. The van der Waals surface area contributed by atoms with Crippen LogP contribution >= 0.6 is 0 Å². The van der Waals surface area contributed by atoms with Gasteiger partial charge in [0.25, 0.3) is 0 Å². The number of unbranched alkanes of at least 4 members (excludes halogenated alkanes) is 16. The van der Waals surface area contributed by atoms with E-state index in [0.717, 1.165) is 51.4 Å². The number of hydrogen-bond donors (Lipinski definition) is 4. The maximum Gasteiger partial charge on any atom is 0.306 e. The summed E-state index contributed by atoms with van der Waals surface area (Å²) in [4.78, 5) is 25.4. The first-order valence-corrected chi connectivity index (χ1v) is 24.0. The van der Waals surface area contributed by atoms with Crippen molar-refractivity contribution in [3.05, 3.63) is 72.9 Å². The molecule has 1 heterocycles. The fraction of sp³-hybridized carbons (Fsp3) is 0.725. The molecule has 10 heteroatoms. The number of aliphatic hydroxyl groups is 4. The Morgan fingerprint density at radius 3 is 1.49 bits per heavy atom. The van der Waals surface area contributed by atoms with E-state index < -0.39 is 55.4 Å². The lowest BCUT2D eigenvalue weighted by molar-refractivity contribution is -0.305. The first-order chi connectivity index (χ1) is 29.8. The van der Waals surface area contributed by atoms with Crippen molar-refractivity contribution in [1.82, 2.24) is 0 Å². The summed E-state index contributed by atoms with van der Waals surface area (Å²) in [5.41, 5.74) is 0. The fourth-order valence-corrected chi connectivity index (χ4v) is 6.75. The molecule has 6 atom stereocenters. The zero-order valence-corrected chi connectivity index (χ0v) is 38.1. The molecule has 10 nitrogen and oxygen atoms in total. The fourth-order valence-electron chi connectivity index (χ4n) is 6.75. The molecule has 61 heavy (non-hydrogen) atoms. The highest BCUT2D eigenvalue weighted by molar-refractivity contribution is 5.70. The van der Waals surface area contributed by atoms with Crippen LogP contribution in [0.25, 0.3) is 0 Å². The summed E-state index contributed by atoms with van der Waals surface area (Å²) in [5, 5.41) is 40.1. The minimum Gasteiger partial charge on any atom is -0.462 e. The molecular weight excluding hydrogens is 773 g/mol. The van der Waals surface area contributed by atoms with E-state index in [-0.39, 0.29) is 26.1 Å². The van der Waals surface area contributed by atoms with Crippen LogP contribution in [0.3, 0.4) is 0 Å². The topological polar surface area (TPSA) is 152 Å². The van der Waals surface area contributed by atoms with E-state index >= 15 is 0 Å². The van der Waals surface area contributed by atoms with Gasteiger partial charge in [-0.15, -0.1) is 0 Å². The number of allylic oxidation sites excluding steroid dienone is 12. The Bertz CT molecular complexity index is 1220. The minimum absolute atomic E-state index is 0.148. The summed E-state index contributed by atoms with van der Waals surface area (Å²) in [5.74, 6) is -0.911. The Balaban J connectivity index is 2.37. The first kappa shape index (κ1) is 56.2. The highest BCUT2D eigenvalue weighted by atomic mass is 16.7. The van der Waals surface area contributed by atoms with Gasteiger partial charge in [-0.1, -0.05) is 164 Å². The molecule has 0 aromatic carbocycles. The number of rotatable bonds is 39. The Labute approximate surface area is 370 Å². The molecule has 0 aromatic rings. The quantitative estimate of drug-likeness (QED) is 0.0267. The van der Waals surface area contributed by atoms with Crippen molar-refractivity contribution < 1.29 is 49.0 Å². The van der Waals surface area contributed by atoms with Gasteiger partial charge in [-0.05, 0) is 77.0 Å². The van der Waals surface area contributed by atoms with Crippen LogP contribution in [0.1, 0.15) is 181 Å². The number of ether oxygens (including phenoxy) is 4. The third kappa shape index (κ3) is 32.5. The van der Waals surface area contributed by atoms with Gasteiger partial charge in [0.15, 0.2) is 12.4 Å². The van der Waals surface area contributed by atoms with E-state index in [9.17, 15) is 30.0 Å². The molecule has 0 amide bonds. The van der Waals surface area contributed by atoms with Crippen molar-refractivity contribution >= 4 is 11.9 Å². The Kier molecular flexibility index (Phi) is 37.9. The van der Waals surface area contributed by atoms with Crippen molar-refractivity contribution in [2.45, 2.75) is 218 Å². The van der Waals surface area contributed by atoms with Gasteiger partial charge < -0.3 is 39.4 Å². The molecule has 0 saturated carbocycles. The smallest absolute Gasteiger partial charge is 0.306 e. The van der Waals surface area contributed by atoms with Gasteiger partial charge in [0, 0.05) is 12.8 Å². The van der Waals surface area contributed by atoms with Crippen LogP contribution < -0.4 is 0 Å². The first-order valence-electron chi connectivity index (χ1n) is 24.0. The molecular formula is C51H86O10. The molecule has 0 aromatic heterocycles. The molecule has 1 aliphatic rings. The number of carbonyl (C=O) groups excluding carboxylic acids is 2. The van der Waals surface area contributed by atoms with E-state index in [1.807, 2.05) is 12.2 Å². The van der Waals surface area contributed by atoms with Crippen LogP contribution in [-0.4, -0.2) is 89.0 Å². The molecule has 1 saturated heterocycles. The van der Waals surface area contributed by atoms with Crippen molar-refractivity contribution in [3.8, 4) is 0 Å². The lowest BCUT2D eigenvalue weighted by Crippen LogP contribution is -2.59. The van der Waals surface area contributed by atoms with Crippen LogP contribution in [0.15, 0.2) is 72.9 Å². The number of aliphatic hydroxyl groups excluding tert-OH is 4. The molecule has 4 N–H and O–H groups in total. The molecule has 1 fully saturated rings. The Morgan fingerprint density at radius 1 is 0.508 bits per heavy atom. The molecule has 0 aliphatic carbocycles. The van der Waals surface area contributed by atoms with Crippen LogP contribution in [0.4, 0.5) is 0 Å². The average molecular weight is 859 g/mol. The van der Waals surface area contributed by atoms with Gasteiger partial charge in [-0.25, -0.2) is 0 Å². The number of esters is 2. The maximum atomic E-state index is 12.8. The van der Waals surface area contributed by atoms with E-state index in [0.29, 0.717) is 12.8 Å². The number of hydrogen-bond acceptors (Lipinski definition) is 10. The van der Waals surface area contributed by atoms with Crippen LogP contribution in [0.5, 0.6) is 0 Å². The summed E-state index contributed by atoms with van der Waals surface area (Å²) in [7, 11) is 0. The van der Waals surface area contributed by atoms with Crippen molar-refractivity contribution in [1.29, 1.82) is 0 Å². The Hall–Kier alpha value is -2.86. The van der Waals surface area contributed by atoms with E-state index in [1.165, 1.54) is 89.9 Å². The average Bonchev–Trinajstić information content (AvgIpc) is 3.26. The van der Waals surface area contributed by atoms with E-state index in [1.54, 1.807) is 0 Å². The van der Waals surface area contributed by atoms with Gasteiger partial charge in [-0.3, -0.25) is 9.59 Å².